The highest BCUT2D eigenvalue weighted by atomic mass is 16.3. The van der Waals surface area contributed by atoms with Crippen LogP contribution >= 0.6 is 0 Å². The first-order valence-corrected chi connectivity index (χ1v) is 5.61. The maximum atomic E-state index is 8.99. The van der Waals surface area contributed by atoms with Crippen molar-refractivity contribution in [1.82, 2.24) is 4.98 Å². The van der Waals surface area contributed by atoms with Gasteiger partial charge in [-0.25, -0.2) is 4.98 Å². The van der Waals surface area contributed by atoms with Gasteiger partial charge in [0.1, 0.15) is 11.9 Å². The number of nitrogens with one attached hydrogen (secondary N) is 1. The van der Waals surface area contributed by atoms with E-state index in [1.54, 1.807) is 6.07 Å². The van der Waals surface area contributed by atoms with Crippen LogP contribution < -0.4 is 11.1 Å². The van der Waals surface area contributed by atoms with E-state index in [1.807, 2.05) is 0 Å². The quantitative estimate of drug-likeness (QED) is 0.715. The van der Waals surface area contributed by atoms with E-state index in [2.05, 4.69) is 30.2 Å². The van der Waals surface area contributed by atoms with E-state index < -0.39 is 0 Å². The molecule has 1 heterocycles. The summed E-state index contributed by atoms with van der Waals surface area (Å²) in [7, 11) is 0. The van der Waals surface area contributed by atoms with E-state index in [-0.39, 0.29) is 12.6 Å². The Hall–Kier alpha value is -1.80. The smallest absolute Gasteiger partial charge is 0.144 e. The number of nitriles is 1. The van der Waals surface area contributed by atoms with Gasteiger partial charge in [0.15, 0.2) is 0 Å². The Kier molecular flexibility index (Phi) is 4.73. The van der Waals surface area contributed by atoms with Gasteiger partial charge in [-0.2, -0.15) is 5.26 Å². The Morgan fingerprint density at radius 1 is 1.59 bits per heavy atom. The Balaban J connectivity index is 2.89. The average Bonchev–Trinajstić information content (AvgIpc) is 2.30. The molecule has 1 rings (SSSR count). The normalized spacial score (nSPS) is 12.2. The molecule has 1 unspecified atom stereocenters. The van der Waals surface area contributed by atoms with Gasteiger partial charge in [0.2, 0.25) is 0 Å². The molecule has 0 aliphatic rings. The summed E-state index contributed by atoms with van der Waals surface area (Å²) in [5, 5.41) is 21.2. The summed E-state index contributed by atoms with van der Waals surface area (Å²) in [5.74, 6) is 0.863. The number of nitrogen functional groups attached to an aromatic ring is 1. The maximum Gasteiger partial charge on any atom is 0.144 e. The standard InChI is InChI=1S/C12H18N4O/c1-8(2)11(3-4-17)16-12-9(6-13)5-10(14)7-15-12/h5,7-8,11,17H,3-4,14H2,1-2H3,(H,15,16). The highest BCUT2D eigenvalue weighted by Crippen LogP contribution is 2.18. The fourth-order valence-corrected chi connectivity index (χ4v) is 1.57. The van der Waals surface area contributed by atoms with Crippen molar-refractivity contribution in [2.45, 2.75) is 26.3 Å². The van der Waals surface area contributed by atoms with Gasteiger partial charge in [-0.3, -0.25) is 0 Å². The molecular formula is C12H18N4O. The van der Waals surface area contributed by atoms with Gasteiger partial charge in [0.05, 0.1) is 17.4 Å². The number of hydrogen-bond acceptors (Lipinski definition) is 5. The first kappa shape index (κ1) is 13.3. The molecular weight excluding hydrogens is 216 g/mol. The van der Waals surface area contributed by atoms with Crippen LogP contribution in [0, 0.1) is 17.2 Å². The number of aliphatic hydroxyl groups is 1. The fourth-order valence-electron chi connectivity index (χ4n) is 1.57. The van der Waals surface area contributed by atoms with Crippen molar-refractivity contribution in [3.63, 3.8) is 0 Å². The van der Waals surface area contributed by atoms with Crippen molar-refractivity contribution in [2.75, 3.05) is 17.7 Å². The van der Waals surface area contributed by atoms with E-state index in [0.717, 1.165) is 0 Å². The van der Waals surface area contributed by atoms with Crippen LogP contribution in [0.5, 0.6) is 0 Å². The van der Waals surface area contributed by atoms with Crippen LogP contribution in [0.1, 0.15) is 25.8 Å². The highest BCUT2D eigenvalue weighted by molar-refractivity contribution is 5.57. The van der Waals surface area contributed by atoms with E-state index in [0.29, 0.717) is 29.4 Å². The van der Waals surface area contributed by atoms with Crippen molar-refractivity contribution < 1.29 is 5.11 Å². The number of hydrogen-bond donors (Lipinski definition) is 3. The van der Waals surface area contributed by atoms with E-state index >= 15 is 0 Å². The SMILES string of the molecule is CC(C)C(CCO)Nc1ncc(N)cc1C#N. The second-order valence-corrected chi connectivity index (χ2v) is 4.28. The van der Waals surface area contributed by atoms with Gasteiger partial charge in [-0.05, 0) is 18.4 Å². The molecule has 0 spiro atoms. The highest BCUT2D eigenvalue weighted by Gasteiger charge is 2.15. The number of nitrogens with two attached hydrogens (primary N) is 1. The first-order chi connectivity index (χ1) is 8.08. The number of rotatable bonds is 5. The van der Waals surface area contributed by atoms with Crippen LogP contribution in [0.3, 0.4) is 0 Å². The zero-order valence-corrected chi connectivity index (χ0v) is 10.1. The van der Waals surface area contributed by atoms with Gasteiger partial charge in [-0.1, -0.05) is 13.8 Å². The molecule has 0 aromatic carbocycles. The predicted octanol–water partition coefficient (Wildman–Crippen LogP) is 1.35. The number of pyridine rings is 1. The zero-order valence-electron chi connectivity index (χ0n) is 10.1. The van der Waals surface area contributed by atoms with Crippen LogP contribution in [-0.4, -0.2) is 22.7 Å². The minimum atomic E-state index is 0.0863. The van der Waals surface area contributed by atoms with E-state index in [1.165, 1.54) is 6.20 Å². The summed E-state index contributed by atoms with van der Waals surface area (Å²) in [4.78, 5) is 4.11. The van der Waals surface area contributed by atoms with Crippen LogP contribution in [0.25, 0.3) is 0 Å². The topological polar surface area (TPSA) is 95.0 Å². The molecule has 0 aliphatic heterocycles. The maximum absolute atomic E-state index is 8.99. The monoisotopic (exact) mass is 234 g/mol. The minimum Gasteiger partial charge on any atom is -0.397 e. The Bertz CT molecular complexity index is 411. The molecule has 92 valence electrons. The average molecular weight is 234 g/mol. The molecule has 0 saturated heterocycles. The van der Waals surface area contributed by atoms with Gasteiger partial charge in [0, 0.05) is 12.6 Å². The minimum absolute atomic E-state index is 0.0863. The molecule has 5 nitrogen and oxygen atoms in total. The number of anilines is 2. The predicted molar refractivity (Wildman–Crippen MR) is 67.3 cm³/mol. The third-order valence-electron chi connectivity index (χ3n) is 2.60. The lowest BCUT2D eigenvalue weighted by Gasteiger charge is -2.22. The molecule has 0 amide bonds. The summed E-state index contributed by atoms with van der Waals surface area (Å²) < 4.78 is 0. The fraction of sp³-hybridized carbons (Fsp3) is 0.500. The van der Waals surface area contributed by atoms with Gasteiger partial charge >= 0.3 is 0 Å². The summed E-state index contributed by atoms with van der Waals surface area (Å²) in [6.07, 6.45) is 2.13. The molecule has 0 radical (unpaired) electrons. The van der Waals surface area contributed by atoms with E-state index in [4.69, 9.17) is 16.1 Å². The molecule has 0 bridgehead atoms. The van der Waals surface area contributed by atoms with Crippen molar-refractivity contribution in [3.05, 3.63) is 17.8 Å². The Morgan fingerprint density at radius 3 is 2.82 bits per heavy atom. The van der Waals surface area contributed by atoms with Crippen molar-refractivity contribution >= 4 is 11.5 Å². The van der Waals surface area contributed by atoms with Crippen molar-refractivity contribution in [3.8, 4) is 6.07 Å². The summed E-state index contributed by atoms with van der Waals surface area (Å²) >= 11 is 0. The molecule has 1 aromatic rings. The molecule has 4 N–H and O–H groups in total. The van der Waals surface area contributed by atoms with Gasteiger partial charge in [-0.15, -0.1) is 0 Å². The second-order valence-electron chi connectivity index (χ2n) is 4.28. The molecule has 1 atom stereocenters. The van der Waals surface area contributed by atoms with Crippen LogP contribution in [0.4, 0.5) is 11.5 Å². The summed E-state index contributed by atoms with van der Waals surface area (Å²) in [6.45, 7) is 4.21. The molecule has 5 heteroatoms. The summed E-state index contributed by atoms with van der Waals surface area (Å²) in [5.41, 5.74) is 6.46. The van der Waals surface area contributed by atoms with Crippen LogP contribution in [-0.2, 0) is 0 Å². The van der Waals surface area contributed by atoms with Gasteiger partial charge < -0.3 is 16.2 Å². The zero-order chi connectivity index (χ0) is 12.8. The van der Waals surface area contributed by atoms with Crippen molar-refractivity contribution in [1.29, 1.82) is 5.26 Å². The van der Waals surface area contributed by atoms with Gasteiger partial charge in [0.25, 0.3) is 0 Å². The first-order valence-electron chi connectivity index (χ1n) is 5.61. The Labute approximate surface area is 101 Å². The largest absolute Gasteiger partial charge is 0.397 e. The lowest BCUT2D eigenvalue weighted by atomic mass is 10.0. The van der Waals surface area contributed by atoms with Crippen molar-refractivity contribution in [2.24, 2.45) is 5.92 Å². The summed E-state index contributed by atoms with van der Waals surface area (Å²) in [6, 6.07) is 3.73. The number of aliphatic hydroxyl groups excluding tert-OH is 1. The molecule has 0 saturated carbocycles. The molecule has 0 fully saturated rings. The third-order valence-corrected chi connectivity index (χ3v) is 2.60. The van der Waals surface area contributed by atoms with E-state index in [9.17, 15) is 0 Å². The number of nitrogens with zero attached hydrogens (tertiary/aromatic N) is 2. The van der Waals surface area contributed by atoms with Crippen LogP contribution in [0.2, 0.25) is 0 Å². The lowest BCUT2D eigenvalue weighted by Crippen LogP contribution is -2.27. The molecule has 1 aromatic heterocycles. The number of aromatic nitrogens is 1. The molecule has 17 heavy (non-hydrogen) atoms. The lowest BCUT2D eigenvalue weighted by molar-refractivity contribution is 0.267. The third kappa shape index (κ3) is 3.61. The molecule has 0 aliphatic carbocycles. The second kappa shape index (κ2) is 6.06. The Morgan fingerprint density at radius 2 is 2.29 bits per heavy atom. The van der Waals surface area contributed by atoms with Crippen LogP contribution in [0.15, 0.2) is 12.3 Å².